The van der Waals surface area contributed by atoms with E-state index >= 15 is 0 Å². The predicted octanol–water partition coefficient (Wildman–Crippen LogP) is 11.1. The number of ether oxygens (including phenoxy) is 1. The number of hydrogen-bond acceptors (Lipinski definition) is 4. The molecule has 0 fully saturated rings. The van der Waals surface area contributed by atoms with E-state index in [0.29, 0.717) is 0 Å². The normalized spacial score (nSPS) is 12.8. The van der Waals surface area contributed by atoms with Crippen molar-refractivity contribution in [2.24, 2.45) is 0 Å². The van der Waals surface area contributed by atoms with Crippen molar-refractivity contribution < 1.29 is 4.74 Å². The van der Waals surface area contributed by atoms with Gasteiger partial charge in [-0.15, -0.1) is 11.3 Å². The number of nitrogens with zero attached hydrogens (tertiary/aromatic N) is 2. The topological polar surface area (TPSA) is 15.7 Å². The molecule has 51 heavy (non-hydrogen) atoms. The van der Waals surface area contributed by atoms with Gasteiger partial charge in [0.25, 0.3) is 6.71 Å². The van der Waals surface area contributed by atoms with Crippen molar-refractivity contribution in [2.45, 2.75) is 0 Å². The minimum Gasteiger partial charge on any atom is -0.457 e. The van der Waals surface area contributed by atoms with Crippen LogP contribution in [0, 0.1) is 0 Å². The molecule has 0 saturated carbocycles. The van der Waals surface area contributed by atoms with Crippen LogP contribution in [0.25, 0.3) is 30.9 Å². The zero-order valence-corrected chi connectivity index (χ0v) is 28.3. The second kappa shape index (κ2) is 11.1. The minimum absolute atomic E-state index is 0.0781. The first-order valence-corrected chi connectivity index (χ1v) is 18.2. The highest BCUT2D eigenvalue weighted by Gasteiger charge is 2.42. The highest BCUT2D eigenvalue weighted by Crippen LogP contribution is 2.49. The van der Waals surface area contributed by atoms with E-state index in [9.17, 15) is 0 Å². The van der Waals surface area contributed by atoms with E-state index in [-0.39, 0.29) is 6.71 Å². The lowest BCUT2D eigenvalue weighted by atomic mass is 9.34. The Morgan fingerprint density at radius 2 is 1.18 bits per heavy atom. The van der Waals surface area contributed by atoms with Gasteiger partial charge in [-0.1, -0.05) is 97.1 Å². The highest BCUT2D eigenvalue weighted by atomic mass is 32.1. The summed E-state index contributed by atoms with van der Waals surface area (Å²) >= 11 is 1.84. The van der Waals surface area contributed by atoms with Gasteiger partial charge in [0.05, 0.1) is 4.70 Å². The highest BCUT2D eigenvalue weighted by molar-refractivity contribution is 7.26. The maximum Gasteiger partial charge on any atom is 0.256 e. The van der Waals surface area contributed by atoms with Crippen LogP contribution in [0.5, 0.6) is 11.5 Å². The SMILES string of the molecule is c1ccc(N(c2ccccc2)c2ccc3cc4c(cc3c2)sc2c3c5c(cc24)N(c2ccccc2)c2ccccc2B5c2ccccc2O3)cc1. The van der Waals surface area contributed by atoms with E-state index in [1.54, 1.807) is 0 Å². The average molecular weight is 669 g/mol. The number of benzene rings is 8. The molecular weight excluding hydrogens is 639 g/mol. The Bertz CT molecular complexity index is 2760. The first-order chi connectivity index (χ1) is 25.3. The fourth-order valence-electron chi connectivity index (χ4n) is 8.24. The molecule has 0 spiro atoms. The number of anilines is 6. The van der Waals surface area contributed by atoms with Gasteiger partial charge >= 0.3 is 0 Å². The second-order valence-electron chi connectivity index (χ2n) is 13.3. The Balaban J connectivity index is 1.16. The average Bonchev–Trinajstić information content (AvgIpc) is 3.55. The Labute approximate surface area is 300 Å². The zero-order chi connectivity index (χ0) is 33.5. The quantitative estimate of drug-likeness (QED) is 0.174. The van der Waals surface area contributed by atoms with Gasteiger partial charge in [-0.05, 0) is 106 Å². The van der Waals surface area contributed by atoms with E-state index in [2.05, 4.69) is 186 Å². The first-order valence-electron chi connectivity index (χ1n) is 17.4. The maximum atomic E-state index is 6.99. The summed E-state index contributed by atoms with van der Waals surface area (Å²) in [5, 5.41) is 4.91. The molecule has 9 aromatic rings. The van der Waals surface area contributed by atoms with E-state index < -0.39 is 0 Å². The largest absolute Gasteiger partial charge is 0.457 e. The van der Waals surface area contributed by atoms with E-state index in [4.69, 9.17) is 4.74 Å². The third-order valence-electron chi connectivity index (χ3n) is 10.4. The fourth-order valence-corrected chi connectivity index (χ4v) is 9.45. The molecule has 8 aromatic carbocycles. The van der Waals surface area contributed by atoms with E-state index in [1.807, 2.05) is 11.3 Å². The molecule has 2 aliphatic rings. The van der Waals surface area contributed by atoms with Gasteiger partial charge < -0.3 is 14.5 Å². The Kier molecular flexibility index (Phi) is 6.22. The molecule has 11 rings (SSSR count). The van der Waals surface area contributed by atoms with Crippen molar-refractivity contribution in [2.75, 3.05) is 9.80 Å². The predicted molar refractivity (Wildman–Crippen MR) is 217 cm³/mol. The van der Waals surface area contributed by atoms with E-state index in [1.165, 1.54) is 58.7 Å². The van der Waals surface area contributed by atoms with Crippen LogP contribution in [0.15, 0.2) is 176 Å². The van der Waals surface area contributed by atoms with Crippen LogP contribution >= 0.6 is 11.3 Å². The second-order valence-corrected chi connectivity index (χ2v) is 14.4. The molecule has 0 amide bonds. The third-order valence-corrected chi connectivity index (χ3v) is 11.6. The van der Waals surface area contributed by atoms with Gasteiger partial charge in [0.2, 0.25) is 0 Å². The number of thiophene rings is 1. The fraction of sp³-hybridized carbons (Fsp3) is 0. The van der Waals surface area contributed by atoms with Crippen LogP contribution in [0.4, 0.5) is 34.1 Å². The molecule has 0 radical (unpaired) electrons. The van der Waals surface area contributed by atoms with Crippen molar-refractivity contribution in [3.63, 3.8) is 0 Å². The Hall–Kier alpha value is -6.30. The maximum absolute atomic E-state index is 6.99. The first kappa shape index (κ1) is 28.5. The standard InChI is InChI=1S/C46H29BN2OS/c1-4-14-32(15-5-1)48(33-16-6-2-7-17-33)35-25-24-30-27-36-37-29-41-44-45(46(37)51-43(36)28-31(30)26-35)50-42-23-13-11-21-39(42)47(44)38-20-10-12-22-40(38)49(41)34-18-8-3-9-19-34/h1-29H. The summed E-state index contributed by atoms with van der Waals surface area (Å²) in [6.45, 7) is 0.0781. The summed E-state index contributed by atoms with van der Waals surface area (Å²) in [4.78, 5) is 4.76. The molecule has 0 aliphatic carbocycles. The van der Waals surface area contributed by atoms with Gasteiger partial charge in [0.15, 0.2) is 0 Å². The third kappa shape index (κ3) is 4.32. The molecule has 238 valence electrons. The van der Waals surface area contributed by atoms with E-state index in [0.717, 1.165) is 34.2 Å². The number of fused-ring (bicyclic) bond motifs is 9. The summed E-state index contributed by atoms with van der Waals surface area (Å²) in [5.41, 5.74) is 10.7. The number of para-hydroxylation sites is 5. The van der Waals surface area contributed by atoms with Crippen molar-refractivity contribution in [3.05, 3.63) is 176 Å². The Morgan fingerprint density at radius 3 is 1.94 bits per heavy atom. The molecule has 5 heteroatoms. The van der Waals surface area contributed by atoms with Crippen molar-refractivity contribution in [1.29, 1.82) is 0 Å². The van der Waals surface area contributed by atoms with Crippen molar-refractivity contribution >= 4 is 99.5 Å². The molecule has 1 aromatic heterocycles. The minimum atomic E-state index is 0.0781. The molecule has 0 saturated heterocycles. The smallest absolute Gasteiger partial charge is 0.256 e. The molecule has 0 N–H and O–H groups in total. The summed E-state index contributed by atoms with van der Waals surface area (Å²) < 4.78 is 9.44. The Morgan fingerprint density at radius 1 is 0.510 bits per heavy atom. The van der Waals surface area contributed by atoms with Gasteiger partial charge in [-0.2, -0.15) is 0 Å². The number of hydrogen-bond donors (Lipinski definition) is 0. The van der Waals surface area contributed by atoms with Crippen LogP contribution in [-0.2, 0) is 0 Å². The molecule has 0 bridgehead atoms. The summed E-state index contributed by atoms with van der Waals surface area (Å²) in [6.07, 6.45) is 0. The summed E-state index contributed by atoms with van der Waals surface area (Å²) in [5.74, 6) is 1.91. The van der Waals surface area contributed by atoms with Crippen LogP contribution in [0.3, 0.4) is 0 Å². The monoisotopic (exact) mass is 668 g/mol. The van der Waals surface area contributed by atoms with Crippen LogP contribution in [-0.4, -0.2) is 6.71 Å². The summed E-state index contributed by atoms with van der Waals surface area (Å²) in [6, 6.07) is 63.4. The number of rotatable bonds is 4. The van der Waals surface area contributed by atoms with Gasteiger partial charge in [-0.25, -0.2) is 0 Å². The van der Waals surface area contributed by atoms with Crippen LogP contribution in [0.2, 0.25) is 0 Å². The van der Waals surface area contributed by atoms with Crippen LogP contribution in [0.1, 0.15) is 0 Å². The van der Waals surface area contributed by atoms with Gasteiger partial charge in [0.1, 0.15) is 11.5 Å². The van der Waals surface area contributed by atoms with Crippen molar-refractivity contribution in [1.82, 2.24) is 0 Å². The van der Waals surface area contributed by atoms with Crippen molar-refractivity contribution in [3.8, 4) is 11.5 Å². The zero-order valence-electron chi connectivity index (χ0n) is 27.5. The lowest BCUT2D eigenvalue weighted by molar-refractivity contribution is 0.494. The lowest BCUT2D eigenvalue weighted by Gasteiger charge is -2.40. The molecule has 3 heterocycles. The van der Waals surface area contributed by atoms with Gasteiger partial charge in [0, 0.05) is 49.6 Å². The molecule has 2 aliphatic heterocycles. The van der Waals surface area contributed by atoms with Crippen LogP contribution < -0.4 is 30.9 Å². The van der Waals surface area contributed by atoms with Gasteiger partial charge in [-0.3, -0.25) is 0 Å². The molecule has 0 unspecified atom stereocenters. The molecule has 3 nitrogen and oxygen atoms in total. The molecular formula is C46H29BN2OS. The molecule has 0 atom stereocenters. The lowest BCUT2D eigenvalue weighted by Crippen LogP contribution is -2.59. The summed E-state index contributed by atoms with van der Waals surface area (Å²) in [7, 11) is 0.